The fraction of sp³-hybridized carbons (Fsp3) is 0.667. The summed E-state index contributed by atoms with van der Waals surface area (Å²) < 4.78 is 18.7. The Morgan fingerprint density at radius 2 is 2.19 bits per heavy atom. The van der Waals surface area contributed by atoms with E-state index in [1.807, 2.05) is 0 Å². The second-order valence-corrected chi connectivity index (χ2v) is 12.9. The van der Waals surface area contributed by atoms with Crippen molar-refractivity contribution < 1.29 is 19.0 Å². The van der Waals surface area contributed by atoms with Gasteiger partial charge in [-0.25, -0.2) is 4.79 Å². The number of aromatic nitrogens is 2. The molecule has 0 spiro atoms. The maximum Gasteiger partial charge on any atom is 0.352 e. The summed E-state index contributed by atoms with van der Waals surface area (Å²) in [4.78, 5) is 16.1. The first-order valence-corrected chi connectivity index (χ1v) is 11.8. The Labute approximate surface area is 155 Å². The molecule has 3 atom stereocenters. The molecule has 1 aromatic heterocycles. The molecule has 1 aliphatic heterocycles. The minimum Gasteiger partial charge on any atom is -0.473 e. The van der Waals surface area contributed by atoms with Gasteiger partial charge in [0.05, 0.1) is 12.7 Å². The SMILES string of the molecule is C=CCOc1ccn(C2CC(O)C(CO[Si](C)(C)C(C)(C)C)O2)c(=O)n1. The van der Waals surface area contributed by atoms with Crippen molar-refractivity contribution >= 4 is 8.32 Å². The highest BCUT2D eigenvalue weighted by molar-refractivity contribution is 6.74. The van der Waals surface area contributed by atoms with E-state index in [9.17, 15) is 9.90 Å². The fourth-order valence-corrected chi connectivity index (χ4v) is 3.40. The fourth-order valence-electron chi connectivity index (χ4n) is 2.38. The van der Waals surface area contributed by atoms with Crippen molar-refractivity contribution in [3.05, 3.63) is 35.4 Å². The molecular formula is C18H30N2O5Si. The number of aliphatic hydroxyl groups excluding tert-OH is 1. The Hall–Kier alpha value is -1.48. The third kappa shape index (κ3) is 4.82. The highest BCUT2D eigenvalue weighted by Gasteiger charge is 2.41. The third-order valence-corrected chi connectivity index (χ3v) is 9.58. The first-order chi connectivity index (χ1) is 12.0. The zero-order valence-corrected chi connectivity index (χ0v) is 17.3. The second kappa shape index (κ2) is 8.04. The molecule has 26 heavy (non-hydrogen) atoms. The molecule has 2 rings (SSSR count). The van der Waals surface area contributed by atoms with Crippen LogP contribution in [0.15, 0.2) is 29.7 Å². The summed E-state index contributed by atoms with van der Waals surface area (Å²) in [6.07, 6.45) is 1.76. The molecule has 0 aliphatic carbocycles. The first-order valence-electron chi connectivity index (χ1n) is 8.85. The van der Waals surface area contributed by atoms with E-state index in [1.165, 1.54) is 4.57 Å². The first kappa shape index (κ1) is 20.8. The van der Waals surface area contributed by atoms with Crippen LogP contribution in [0.5, 0.6) is 5.88 Å². The van der Waals surface area contributed by atoms with Crippen LogP contribution in [-0.4, -0.2) is 48.4 Å². The van der Waals surface area contributed by atoms with Crippen LogP contribution >= 0.6 is 0 Å². The van der Waals surface area contributed by atoms with Crippen molar-refractivity contribution in [1.29, 1.82) is 0 Å². The van der Waals surface area contributed by atoms with Crippen LogP contribution in [0.25, 0.3) is 0 Å². The molecule has 0 amide bonds. The van der Waals surface area contributed by atoms with Gasteiger partial charge >= 0.3 is 5.69 Å². The van der Waals surface area contributed by atoms with Crippen LogP contribution in [-0.2, 0) is 9.16 Å². The van der Waals surface area contributed by atoms with Gasteiger partial charge in [0.1, 0.15) is 18.9 Å². The largest absolute Gasteiger partial charge is 0.473 e. The summed E-state index contributed by atoms with van der Waals surface area (Å²) in [7, 11) is -1.93. The molecule has 0 bridgehead atoms. The van der Waals surface area contributed by atoms with E-state index in [4.69, 9.17) is 13.9 Å². The average molecular weight is 383 g/mol. The highest BCUT2D eigenvalue weighted by Crippen LogP contribution is 2.37. The van der Waals surface area contributed by atoms with Gasteiger partial charge in [0.25, 0.3) is 0 Å². The van der Waals surface area contributed by atoms with Gasteiger partial charge < -0.3 is 19.0 Å². The van der Waals surface area contributed by atoms with Gasteiger partial charge in [0, 0.05) is 18.7 Å². The van der Waals surface area contributed by atoms with Crippen LogP contribution in [0.1, 0.15) is 33.4 Å². The molecule has 1 aliphatic rings. The van der Waals surface area contributed by atoms with E-state index in [0.717, 1.165) is 0 Å². The van der Waals surface area contributed by atoms with Gasteiger partial charge in [-0.05, 0) is 18.1 Å². The lowest BCUT2D eigenvalue weighted by Crippen LogP contribution is -2.43. The number of ether oxygens (including phenoxy) is 2. The Morgan fingerprint density at radius 3 is 2.77 bits per heavy atom. The average Bonchev–Trinajstić information content (AvgIpc) is 2.90. The number of nitrogens with zero attached hydrogens (tertiary/aromatic N) is 2. The summed E-state index contributed by atoms with van der Waals surface area (Å²) in [5, 5.41) is 10.4. The third-order valence-electron chi connectivity index (χ3n) is 5.08. The van der Waals surface area contributed by atoms with Crippen LogP contribution in [0.2, 0.25) is 18.1 Å². The molecule has 7 nitrogen and oxygen atoms in total. The van der Waals surface area contributed by atoms with Crippen molar-refractivity contribution in [2.75, 3.05) is 13.2 Å². The number of aliphatic hydroxyl groups is 1. The molecule has 1 N–H and O–H groups in total. The maximum absolute atomic E-state index is 12.2. The number of rotatable bonds is 7. The number of hydrogen-bond donors (Lipinski definition) is 1. The molecular weight excluding hydrogens is 352 g/mol. The zero-order chi connectivity index (χ0) is 19.5. The Kier molecular flexibility index (Phi) is 6.44. The van der Waals surface area contributed by atoms with Crippen LogP contribution < -0.4 is 10.4 Å². The van der Waals surface area contributed by atoms with Crippen molar-refractivity contribution in [2.45, 2.75) is 63.8 Å². The predicted octanol–water partition coefficient (Wildman–Crippen LogP) is 2.48. The molecule has 1 aromatic rings. The van der Waals surface area contributed by atoms with E-state index < -0.39 is 32.4 Å². The van der Waals surface area contributed by atoms with E-state index in [0.29, 0.717) is 13.0 Å². The van der Waals surface area contributed by atoms with Crippen molar-refractivity contribution in [2.24, 2.45) is 0 Å². The normalized spacial score (nSPS) is 23.8. The molecule has 8 heteroatoms. The molecule has 0 radical (unpaired) electrons. The molecule has 2 heterocycles. The van der Waals surface area contributed by atoms with Crippen molar-refractivity contribution in [3.8, 4) is 5.88 Å². The summed E-state index contributed by atoms with van der Waals surface area (Å²) in [6, 6.07) is 1.60. The quantitative estimate of drug-likeness (QED) is 0.576. The second-order valence-electron chi connectivity index (χ2n) is 8.06. The highest BCUT2D eigenvalue weighted by atomic mass is 28.4. The molecule has 0 aromatic carbocycles. The monoisotopic (exact) mass is 382 g/mol. The van der Waals surface area contributed by atoms with Gasteiger partial charge in [0.15, 0.2) is 8.32 Å². The summed E-state index contributed by atoms with van der Waals surface area (Å²) in [5.74, 6) is 0.238. The van der Waals surface area contributed by atoms with Crippen LogP contribution in [0.3, 0.4) is 0 Å². The summed E-state index contributed by atoms with van der Waals surface area (Å²) in [6.45, 7) is 14.9. The lowest BCUT2D eigenvalue weighted by atomic mass is 10.2. The lowest BCUT2D eigenvalue weighted by molar-refractivity contribution is -0.0433. The Morgan fingerprint density at radius 1 is 1.50 bits per heavy atom. The van der Waals surface area contributed by atoms with E-state index in [1.54, 1.807) is 18.3 Å². The number of hydrogen-bond acceptors (Lipinski definition) is 6. The summed E-state index contributed by atoms with van der Waals surface area (Å²) >= 11 is 0. The van der Waals surface area contributed by atoms with E-state index in [-0.39, 0.29) is 17.5 Å². The van der Waals surface area contributed by atoms with Gasteiger partial charge in [-0.1, -0.05) is 33.4 Å². The zero-order valence-electron chi connectivity index (χ0n) is 16.3. The van der Waals surface area contributed by atoms with Crippen LogP contribution in [0, 0.1) is 0 Å². The standard InChI is InChI=1S/C18H30N2O5Si/c1-7-10-23-15-8-9-20(17(22)19-15)16-11-13(21)14(25-16)12-24-26(5,6)18(2,3)4/h7-9,13-14,16,21H,1,10-12H2,2-6H3. The minimum absolute atomic E-state index is 0.0814. The maximum atomic E-state index is 12.2. The van der Waals surface area contributed by atoms with Gasteiger partial charge in [-0.3, -0.25) is 4.57 Å². The molecule has 3 unspecified atom stereocenters. The lowest BCUT2D eigenvalue weighted by Gasteiger charge is -2.37. The molecule has 1 saturated heterocycles. The minimum atomic E-state index is -1.93. The smallest absolute Gasteiger partial charge is 0.352 e. The van der Waals surface area contributed by atoms with E-state index in [2.05, 4.69) is 45.4 Å². The van der Waals surface area contributed by atoms with Gasteiger partial charge in [0.2, 0.25) is 5.88 Å². The summed E-state index contributed by atoms with van der Waals surface area (Å²) in [5.41, 5.74) is -0.477. The van der Waals surface area contributed by atoms with Gasteiger partial charge in [-0.15, -0.1) is 0 Å². The predicted molar refractivity (Wildman–Crippen MR) is 102 cm³/mol. The van der Waals surface area contributed by atoms with E-state index >= 15 is 0 Å². The molecule has 146 valence electrons. The topological polar surface area (TPSA) is 82.8 Å². The Bertz CT molecular complexity index is 683. The van der Waals surface area contributed by atoms with Gasteiger partial charge in [-0.2, -0.15) is 4.98 Å². The molecule has 1 fully saturated rings. The van der Waals surface area contributed by atoms with Crippen LogP contribution in [0.4, 0.5) is 0 Å². The Balaban J connectivity index is 2.02. The molecule has 0 saturated carbocycles. The van der Waals surface area contributed by atoms with Crippen molar-refractivity contribution in [1.82, 2.24) is 9.55 Å². The van der Waals surface area contributed by atoms with Crippen molar-refractivity contribution in [3.63, 3.8) is 0 Å².